The van der Waals surface area contributed by atoms with Crippen LogP contribution in [-0.2, 0) is 9.53 Å². The lowest BCUT2D eigenvalue weighted by atomic mass is 10.1. The van der Waals surface area contributed by atoms with Gasteiger partial charge in [-0.05, 0) is 61.5 Å². The highest BCUT2D eigenvalue weighted by atomic mass is 16.5. The molecule has 0 saturated carbocycles. The number of carbonyl (C=O) groups excluding carboxylic acids is 3. The minimum atomic E-state index is -0.945. The van der Waals surface area contributed by atoms with Gasteiger partial charge in [0.2, 0.25) is 11.7 Å². The van der Waals surface area contributed by atoms with Crippen molar-refractivity contribution >= 4 is 23.3 Å². The lowest BCUT2D eigenvalue weighted by Gasteiger charge is -2.13. The average Bonchev–Trinajstić information content (AvgIpc) is 3.28. The molecule has 0 radical (unpaired) electrons. The molecule has 0 bridgehead atoms. The molecule has 2 aromatic carbocycles. The maximum atomic E-state index is 12.6. The van der Waals surface area contributed by atoms with Crippen LogP contribution in [0.15, 0.2) is 67.0 Å². The van der Waals surface area contributed by atoms with Gasteiger partial charge in [0.15, 0.2) is 6.10 Å². The van der Waals surface area contributed by atoms with Crippen molar-refractivity contribution in [1.29, 1.82) is 0 Å². The van der Waals surface area contributed by atoms with Gasteiger partial charge in [0.1, 0.15) is 0 Å². The fourth-order valence-electron chi connectivity index (χ4n) is 2.69. The van der Waals surface area contributed by atoms with E-state index in [0.29, 0.717) is 16.8 Å². The molecule has 1 N–H and O–H groups in total. The molecule has 30 heavy (non-hydrogen) atoms. The summed E-state index contributed by atoms with van der Waals surface area (Å²) < 4.78 is 7.00. The molecule has 1 aromatic heterocycles. The highest BCUT2D eigenvalue weighted by Crippen LogP contribution is 2.15. The molecular weight excluding hydrogens is 382 g/mol. The first-order chi connectivity index (χ1) is 14.3. The summed E-state index contributed by atoms with van der Waals surface area (Å²) in [5, 5.41) is 6.89. The zero-order valence-electron chi connectivity index (χ0n) is 17.0. The normalized spacial score (nSPS) is 11.7. The van der Waals surface area contributed by atoms with Crippen molar-refractivity contribution in [2.45, 2.75) is 26.9 Å². The number of carbonyl (C=O) groups is 3. The van der Waals surface area contributed by atoms with Crippen LogP contribution in [0.25, 0.3) is 5.69 Å². The first-order valence-corrected chi connectivity index (χ1v) is 9.61. The quantitative estimate of drug-likeness (QED) is 0.476. The van der Waals surface area contributed by atoms with Crippen LogP contribution in [0.3, 0.4) is 0 Å². The van der Waals surface area contributed by atoms with Gasteiger partial charge in [0.05, 0.1) is 11.3 Å². The van der Waals surface area contributed by atoms with Crippen LogP contribution in [0.4, 0.5) is 5.69 Å². The van der Waals surface area contributed by atoms with E-state index < -0.39 is 12.1 Å². The van der Waals surface area contributed by atoms with Gasteiger partial charge in [0, 0.05) is 29.6 Å². The van der Waals surface area contributed by atoms with Gasteiger partial charge in [-0.2, -0.15) is 5.10 Å². The highest BCUT2D eigenvalue weighted by Gasteiger charge is 2.20. The Morgan fingerprint density at radius 1 is 0.933 bits per heavy atom. The van der Waals surface area contributed by atoms with E-state index in [0.717, 1.165) is 5.69 Å². The molecule has 0 spiro atoms. The number of amides is 1. The number of ketones is 1. The largest absolute Gasteiger partial charge is 0.451 e. The van der Waals surface area contributed by atoms with Gasteiger partial charge in [0.25, 0.3) is 0 Å². The zero-order valence-corrected chi connectivity index (χ0v) is 17.0. The Labute approximate surface area is 174 Å². The number of nitrogens with one attached hydrogen (secondary N) is 1. The van der Waals surface area contributed by atoms with E-state index in [4.69, 9.17) is 4.74 Å². The molecule has 1 atom stereocenters. The van der Waals surface area contributed by atoms with E-state index >= 15 is 0 Å². The summed E-state index contributed by atoms with van der Waals surface area (Å²) in [5.41, 5.74) is 2.15. The molecule has 0 aliphatic carbocycles. The Hall–Kier alpha value is -3.74. The van der Waals surface area contributed by atoms with E-state index in [1.165, 1.54) is 6.92 Å². The number of anilines is 1. The molecular formula is C23H23N3O4. The minimum absolute atomic E-state index is 0.102. The number of aromatic nitrogens is 2. The maximum Gasteiger partial charge on any atom is 0.338 e. The summed E-state index contributed by atoms with van der Waals surface area (Å²) in [6, 6.07) is 15.1. The molecule has 7 heteroatoms. The summed E-state index contributed by atoms with van der Waals surface area (Å²) in [7, 11) is 0. The molecule has 1 amide bonds. The lowest BCUT2D eigenvalue weighted by molar-refractivity contribution is -0.118. The van der Waals surface area contributed by atoms with Crippen LogP contribution in [-0.4, -0.2) is 33.5 Å². The maximum absolute atomic E-state index is 12.6. The molecule has 1 heterocycles. The van der Waals surface area contributed by atoms with Gasteiger partial charge in [-0.15, -0.1) is 0 Å². The third-order valence-corrected chi connectivity index (χ3v) is 4.49. The van der Waals surface area contributed by atoms with E-state index in [1.54, 1.807) is 85.5 Å². The standard InChI is InChI=1S/C23H23N3O4/c1-15(2)22(28)25-19-9-5-17(6-10-19)21(27)16(3)30-23(29)18-7-11-20(12-8-18)26-14-4-13-24-26/h4-16H,1-3H3,(H,25,28). The third kappa shape index (κ3) is 5.00. The Morgan fingerprint density at radius 2 is 1.57 bits per heavy atom. The smallest absolute Gasteiger partial charge is 0.338 e. The molecule has 0 fully saturated rings. The first-order valence-electron chi connectivity index (χ1n) is 9.61. The Kier molecular flexibility index (Phi) is 6.41. The molecule has 3 rings (SSSR count). The van der Waals surface area contributed by atoms with Gasteiger partial charge in [-0.1, -0.05) is 13.8 Å². The second-order valence-corrected chi connectivity index (χ2v) is 7.13. The predicted molar refractivity (Wildman–Crippen MR) is 113 cm³/mol. The molecule has 7 nitrogen and oxygen atoms in total. The van der Waals surface area contributed by atoms with Crippen molar-refractivity contribution in [2.75, 3.05) is 5.32 Å². The number of Topliss-reactive ketones (excluding diaryl/α,β-unsaturated/α-hetero) is 1. The van der Waals surface area contributed by atoms with Crippen molar-refractivity contribution in [3.05, 3.63) is 78.1 Å². The van der Waals surface area contributed by atoms with Crippen LogP contribution in [0.2, 0.25) is 0 Å². The van der Waals surface area contributed by atoms with Crippen LogP contribution in [0.1, 0.15) is 41.5 Å². The fraction of sp³-hybridized carbons (Fsp3) is 0.217. The molecule has 3 aromatic rings. The van der Waals surface area contributed by atoms with Crippen molar-refractivity contribution in [3.8, 4) is 5.69 Å². The number of esters is 1. The fourth-order valence-corrected chi connectivity index (χ4v) is 2.69. The molecule has 0 aliphatic rings. The van der Waals surface area contributed by atoms with Crippen LogP contribution < -0.4 is 5.32 Å². The number of nitrogens with zero attached hydrogens (tertiary/aromatic N) is 2. The molecule has 154 valence electrons. The number of benzene rings is 2. The van der Waals surface area contributed by atoms with E-state index in [1.807, 2.05) is 0 Å². The summed E-state index contributed by atoms with van der Waals surface area (Å²) >= 11 is 0. The van der Waals surface area contributed by atoms with E-state index in [9.17, 15) is 14.4 Å². The summed E-state index contributed by atoms with van der Waals surface area (Å²) in [5.74, 6) is -1.14. The Balaban J connectivity index is 1.60. The van der Waals surface area contributed by atoms with Crippen molar-refractivity contribution in [3.63, 3.8) is 0 Å². The summed E-state index contributed by atoms with van der Waals surface area (Å²) in [4.78, 5) is 36.7. The SMILES string of the molecule is CC(C)C(=O)Nc1ccc(C(=O)C(C)OC(=O)c2ccc(-n3cccn3)cc2)cc1. The highest BCUT2D eigenvalue weighted by molar-refractivity contribution is 6.02. The Bertz CT molecular complexity index is 1020. The van der Waals surface area contributed by atoms with E-state index in [2.05, 4.69) is 10.4 Å². The predicted octanol–water partition coefficient (Wildman–Crippen LogP) is 3.90. The molecule has 0 saturated heterocycles. The van der Waals surface area contributed by atoms with Crippen LogP contribution in [0, 0.1) is 5.92 Å². The van der Waals surface area contributed by atoms with Gasteiger partial charge in [-0.25, -0.2) is 9.48 Å². The van der Waals surface area contributed by atoms with E-state index in [-0.39, 0.29) is 17.6 Å². The van der Waals surface area contributed by atoms with Gasteiger partial charge >= 0.3 is 5.97 Å². The zero-order chi connectivity index (χ0) is 21.7. The summed E-state index contributed by atoms with van der Waals surface area (Å²) in [6.07, 6.45) is 2.52. The monoisotopic (exact) mass is 405 g/mol. The third-order valence-electron chi connectivity index (χ3n) is 4.49. The van der Waals surface area contributed by atoms with Crippen molar-refractivity contribution < 1.29 is 19.1 Å². The number of rotatable bonds is 7. The number of ether oxygens (including phenoxy) is 1. The van der Waals surface area contributed by atoms with Gasteiger partial charge < -0.3 is 10.1 Å². The number of hydrogen-bond acceptors (Lipinski definition) is 5. The molecule has 1 unspecified atom stereocenters. The summed E-state index contributed by atoms with van der Waals surface area (Å²) in [6.45, 7) is 5.13. The minimum Gasteiger partial charge on any atom is -0.451 e. The second-order valence-electron chi connectivity index (χ2n) is 7.13. The van der Waals surface area contributed by atoms with Crippen LogP contribution >= 0.6 is 0 Å². The topological polar surface area (TPSA) is 90.3 Å². The Morgan fingerprint density at radius 3 is 2.13 bits per heavy atom. The second kappa shape index (κ2) is 9.17. The lowest BCUT2D eigenvalue weighted by Crippen LogP contribution is -2.24. The van der Waals surface area contributed by atoms with Crippen molar-refractivity contribution in [1.82, 2.24) is 9.78 Å². The number of hydrogen-bond donors (Lipinski definition) is 1. The van der Waals surface area contributed by atoms with Crippen molar-refractivity contribution in [2.24, 2.45) is 5.92 Å². The molecule has 0 aliphatic heterocycles. The average molecular weight is 405 g/mol. The van der Waals surface area contributed by atoms with Crippen LogP contribution in [0.5, 0.6) is 0 Å². The van der Waals surface area contributed by atoms with Gasteiger partial charge in [-0.3, -0.25) is 9.59 Å². The first kappa shape index (κ1) is 21.0.